The van der Waals surface area contributed by atoms with Gasteiger partial charge in [-0.05, 0) is 66.3 Å². The van der Waals surface area contributed by atoms with Gasteiger partial charge in [-0.1, -0.05) is 41.9 Å². The lowest BCUT2D eigenvalue weighted by Gasteiger charge is -2.20. The van der Waals surface area contributed by atoms with Gasteiger partial charge in [0.15, 0.2) is 0 Å². The molecule has 4 aromatic rings. The predicted octanol–water partition coefficient (Wildman–Crippen LogP) is 6.53. The van der Waals surface area contributed by atoms with E-state index in [4.69, 9.17) is 21.1 Å². The highest BCUT2D eigenvalue weighted by Crippen LogP contribution is 2.43. The van der Waals surface area contributed by atoms with Crippen LogP contribution in [0.3, 0.4) is 0 Å². The second-order valence-electron chi connectivity index (χ2n) is 9.87. The number of aliphatic hydroxyl groups is 1. The maximum absolute atomic E-state index is 13.9. The molecule has 0 unspecified atom stereocenters. The van der Waals surface area contributed by atoms with Crippen LogP contribution in [0.15, 0.2) is 73.1 Å². The molecule has 0 radical (unpaired) electrons. The highest BCUT2D eigenvalue weighted by Gasteiger charge is 2.28. The molecule has 2 N–H and O–H groups in total. The number of pyridine rings is 1. The fraction of sp³-hybridized carbons (Fsp3) is 0.250. The van der Waals surface area contributed by atoms with Gasteiger partial charge in [-0.15, -0.1) is 0 Å². The minimum absolute atomic E-state index is 0.00353. The fourth-order valence-electron chi connectivity index (χ4n) is 4.89. The van der Waals surface area contributed by atoms with Gasteiger partial charge in [0, 0.05) is 42.2 Å². The van der Waals surface area contributed by atoms with Crippen molar-refractivity contribution < 1.29 is 19.0 Å². The Bertz CT molecular complexity index is 1560. The Morgan fingerprint density at radius 2 is 2.00 bits per heavy atom. The molecule has 8 heteroatoms. The van der Waals surface area contributed by atoms with Crippen LogP contribution < -0.4 is 14.8 Å². The van der Waals surface area contributed by atoms with Gasteiger partial charge in [-0.2, -0.15) is 5.26 Å². The Kier molecular flexibility index (Phi) is 8.61. The molecule has 0 bridgehead atoms. The monoisotopic (exact) mass is 557 g/mol. The summed E-state index contributed by atoms with van der Waals surface area (Å²) in [6.45, 7) is 2.51. The topological polar surface area (TPSA) is 87.4 Å². The summed E-state index contributed by atoms with van der Waals surface area (Å²) in [5.74, 6) is 0.804. The van der Waals surface area contributed by atoms with Crippen molar-refractivity contribution in [3.63, 3.8) is 0 Å². The minimum Gasteiger partial charge on any atom is -0.488 e. The van der Waals surface area contributed by atoms with Crippen LogP contribution in [-0.2, 0) is 19.6 Å². The number of nitriles is 1. The highest BCUT2D eigenvalue weighted by molar-refractivity contribution is 6.32. The van der Waals surface area contributed by atoms with Gasteiger partial charge in [-0.3, -0.25) is 4.98 Å². The SMILES string of the molecule is C[C@H](CO)NCc1cc(Cl)c(O[C@H]2CCc3c(-c4cccc(F)c4)cccc32)cc1OCc1cncc(C#N)c1. The van der Waals surface area contributed by atoms with Gasteiger partial charge in [0.1, 0.15) is 36.1 Å². The van der Waals surface area contributed by atoms with Crippen LogP contribution in [0, 0.1) is 17.1 Å². The molecule has 0 aliphatic heterocycles. The predicted molar refractivity (Wildman–Crippen MR) is 152 cm³/mol. The number of benzene rings is 3. The summed E-state index contributed by atoms with van der Waals surface area (Å²) in [6.07, 6.45) is 4.51. The zero-order valence-corrected chi connectivity index (χ0v) is 22.8. The first-order valence-corrected chi connectivity index (χ1v) is 13.5. The zero-order chi connectivity index (χ0) is 28.1. The molecule has 6 nitrogen and oxygen atoms in total. The first-order chi connectivity index (χ1) is 19.4. The summed E-state index contributed by atoms with van der Waals surface area (Å²) in [4.78, 5) is 4.11. The lowest BCUT2D eigenvalue weighted by Crippen LogP contribution is -2.28. The van der Waals surface area contributed by atoms with Gasteiger partial charge in [-0.25, -0.2) is 4.39 Å². The van der Waals surface area contributed by atoms with Crippen LogP contribution in [0.25, 0.3) is 11.1 Å². The molecule has 1 aromatic heterocycles. The molecule has 1 aliphatic carbocycles. The Labute approximate surface area is 238 Å². The van der Waals surface area contributed by atoms with E-state index in [1.54, 1.807) is 30.5 Å². The smallest absolute Gasteiger partial charge is 0.142 e. The van der Waals surface area contributed by atoms with Gasteiger partial charge in [0.05, 0.1) is 17.2 Å². The van der Waals surface area contributed by atoms with E-state index in [1.165, 1.54) is 12.3 Å². The lowest BCUT2D eigenvalue weighted by atomic mass is 9.96. The maximum Gasteiger partial charge on any atom is 0.142 e. The van der Waals surface area contributed by atoms with Crippen LogP contribution >= 0.6 is 11.6 Å². The quantitative estimate of drug-likeness (QED) is 0.230. The number of hydrogen-bond donors (Lipinski definition) is 2. The Balaban J connectivity index is 1.41. The number of aliphatic hydroxyl groups excluding tert-OH is 1. The second-order valence-corrected chi connectivity index (χ2v) is 10.3. The molecule has 1 aliphatic rings. The number of fused-ring (bicyclic) bond motifs is 1. The summed E-state index contributed by atoms with van der Waals surface area (Å²) in [5.41, 5.74) is 6.07. The van der Waals surface area contributed by atoms with E-state index >= 15 is 0 Å². The van der Waals surface area contributed by atoms with Gasteiger partial charge in [0.25, 0.3) is 0 Å². The van der Waals surface area contributed by atoms with Crippen molar-refractivity contribution in [3.8, 4) is 28.7 Å². The van der Waals surface area contributed by atoms with Crippen LogP contribution in [0.1, 0.15) is 47.3 Å². The van der Waals surface area contributed by atoms with E-state index in [-0.39, 0.29) is 31.2 Å². The molecule has 0 saturated carbocycles. The Hall–Kier alpha value is -3.96. The van der Waals surface area contributed by atoms with Crippen molar-refractivity contribution in [3.05, 3.63) is 112 Å². The summed E-state index contributed by atoms with van der Waals surface area (Å²) >= 11 is 6.71. The van der Waals surface area contributed by atoms with Crippen molar-refractivity contribution in [2.75, 3.05) is 6.61 Å². The van der Waals surface area contributed by atoms with Crippen LogP contribution in [0.2, 0.25) is 5.02 Å². The second kappa shape index (κ2) is 12.5. The number of rotatable bonds is 10. The first-order valence-electron chi connectivity index (χ1n) is 13.1. The van der Waals surface area contributed by atoms with Gasteiger partial charge < -0.3 is 19.9 Å². The third kappa shape index (κ3) is 6.26. The summed E-state index contributed by atoms with van der Waals surface area (Å²) in [6, 6.07) is 20.0. The number of ether oxygens (including phenoxy) is 2. The van der Waals surface area contributed by atoms with Crippen LogP contribution in [0.4, 0.5) is 4.39 Å². The van der Waals surface area contributed by atoms with Crippen molar-refractivity contribution in [2.24, 2.45) is 0 Å². The first kappa shape index (κ1) is 27.6. The lowest BCUT2D eigenvalue weighted by molar-refractivity contribution is 0.205. The number of nitrogens with zero attached hydrogens (tertiary/aromatic N) is 2. The van der Waals surface area contributed by atoms with Gasteiger partial charge >= 0.3 is 0 Å². The third-order valence-electron chi connectivity index (χ3n) is 6.97. The molecule has 5 rings (SSSR count). The summed E-state index contributed by atoms with van der Waals surface area (Å²) in [7, 11) is 0. The molecule has 3 aromatic carbocycles. The maximum atomic E-state index is 13.9. The average Bonchev–Trinajstić information content (AvgIpc) is 3.39. The largest absolute Gasteiger partial charge is 0.488 e. The standard InChI is InChI=1S/C32H29ClFN3O3/c1-20(18-38)37-17-24-12-29(33)32(13-31(24)39-19-22-10-21(14-35)15-36-16-22)40-30-9-8-27-26(6-3-7-28(27)30)23-4-2-5-25(34)11-23/h2-7,10-13,15-16,20,30,37-38H,8-9,17-19H2,1H3/t20-,30+/m1/s1. The van der Waals surface area contributed by atoms with Crippen molar-refractivity contribution >= 4 is 11.6 Å². The Morgan fingerprint density at radius 3 is 2.80 bits per heavy atom. The highest BCUT2D eigenvalue weighted by atomic mass is 35.5. The van der Waals surface area contributed by atoms with Crippen molar-refractivity contribution in [2.45, 2.75) is 45.1 Å². The average molecular weight is 558 g/mol. The Morgan fingerprint density at radius 1 is 1.15 bits per heavy atom. The number of aromatic nitrogens is 1. The normalized spacial score (nSPS) is 14.8. The van der Waals surface area contributed by atoms with E-state index in [0.717, 1.165) is 46.2 Å². The van der Waals surface area contributed by atoms with Crippen LogP contribution in [0.5, 0.6) is 11.5 Å². The van der Waals surface area contributed by atoms with E-state index in [2.05, 4.69) is 16.4 Å². The molecule has 204 valence electrons. The third-order valence-corrected chi connectivity index (χ3v) is 7.26. The van der Waals surface area contributed by atoms with Crippen molar-refractivity contribution in [1.29, 1.82) is 5.26 Å². The fourth-order valence-corrected chi connectivity index (χ4v) is 5.13. The van der Waals surface area contributed by atoms with Gasteiger partial charge in [0.2, 0.25) is 0 Å². The minimum atomic E-state index is -0.265. The molecule has 0 saturated heterocycles. The summed E-state index contributed by atoms with van der Waals surface area (Å²) in [5, 5.41) is 22.3. The molecule has 2 atom stereocenters. The van der Waals surface area contributed by atoms with Crippen LogP contribution in [-0.4, -0.2) is 22.7 Å². The molecule has 0 amide bonds. The molecular formula is C32H29ClFN3O3. The molecular weight excluding hydrogens is 529 g/mol. The van der Waals surface area contributed by atoms with E-state index in [9.17, 15) is 14.8 Å². The van der Waals surface area contributed by atoms with Crippen molar-refractivity contribution in [1.82, 2.24) is 10.3 Å². The molecule has 0 fully saturated rings. The number of halogens is 2. The van der Waals surface area contributed by atoms with E-state index in [1.807, 2.05) is 37.3 Å². The number of nitrogens with one attached hydrogen (secondary N) is 1. The molecule has 40 heavy (non-hydrogen) atoms. The van der Waals surface area contributed by atoms with E-state index in [0.29, 0.717) is 28.6 Å². The zero-order valence-electron chi connectivity index (χ0n) is 22.0. The van der Waals surface area contributed by atoms with E-state index < -0.39 is 0 Å². The molecule has 1 heterocycles. The number of hydrogen-bond acceptors (Lipinski definition) is 6. The summed E-state index contributed by atoms with van der Waals surface area (Å²) < 4.78 is 26.6. The molecule has 0 spiro atoms.